The highest BCUT2D eigenvalue weighted by Crippen LogP contribution is 2.29. The van der Waals surface area contributed by atoms with E-state index in [1.807, 2.05) is 17.9 Å². The molecule has 0 unspecified atom stereocenters. The van der Waals surface area contributed by atoms with Crippen LogP contribution < -0.4 is 5.32 Å². The molecule has 2 saturated heterocycles. The zero-order valence-electron chi connectivity index (χ0n) is 10.1. The third kappa shape index (κ3) is 2.34. The summed E-state index contributed by atoms with van der Waals surface area (Å²) in [7, 11) is 0. The molecule has 1 aromatic heterocycles. The topological polar surface area (TPSA) is 41.6 Å². The van der Waals surface area contributed by atoms with E-state index in [1.165, 1.54) is 0 Å². The molecule has 0 atom stereocenters. The van der Waals surface area contributed by atoms with Gasteiger partial charge in [0.05, 0.1) is 28.6 Å². The largest absolute Gasteiger partial charge is 0.378 e. The second-order valence-corrected chi connectivity index (χ2v) is 7.43. The van der Waals surface area contributed by atoms with Gasteiger partial charge in [-0.3, -0.25) is 4.79 Å². The molecule has 6 heteroatoms. The van der Waals surface area contributed by atoms with Crippen molar-refractivity contribution < 1.29 is 9.53 Å². The highest BCUT2D eigenvalue weighted by Gasteiger charge is 2.34. The summed E-state index contributed by atoms with van der Waals surface area (Å²) in [4.78, 5) is 15.3. The molecule has 1 aromatic rings. The second-order valence-electron chi connectivity index (χ2n) is 4.85. The van der Waals surface area contributed by atoms with E-state index < -0.39 is 0 Å². The number of halogens is 1. The predicted octanol–water partition coefficient (Wildman–Crippen LogP) is 1.63. The Morgan fingerprint density at radius 3 is 2.72 bits per heavy atom. The Hall–Kier alpha value is -0.430. The quantitative estimate of drug-likeness (QED) is 0.915. The molecule has 0 bridgehead atoms. The third-order valence-electron chi connectivity index (χ3n) is 3.32. The summed E-state index contributed by atoms with van der Waals surface area (Å²) in [6, 6.07) is 2.88. The number of hydrogen-bond acceptors (Lipinski definition) is 4. The summed E-state index contributed by atoms with van der Waals surface area (Å²) >= 11 is 5.06. The minimum Gasteiger partial charge on any atom is -0.378 e. The number of carbonyl (C=O) groups is 1. The van der Waals surface area contributed by atoms with E-state index in [2.05, 4.69) is 21.2 Å². The molecule has 2 fully saturated rings. The zero-order chi connectivity index (χ0) is 12.7. The van der Waals surface area contributed by atoms with E-state index in [4.69, 9.17) is 4.74 Å². The van der Waals surface area contributed by atoms with Crippen LogP contribution in [0.1, 0.15) is 15.2 Å². The van der Waals surface area contributed by atoms with Crippen LogP contribution in [0.5, 0.6) is 0 Å². The molecular formula is C12H15BrN2O2S. The number of nitrogens with one attached hydrogen (secondary N) is 1. The number of rotatable bonds is 3. The summed E-state index contributed by atoms with van der Waals surface area (Å²) in [6.45, 7) is 5.23. The van der Waals surface area contributed by atoms with E-state index >= 15 is 0 Å². The molecule has 1 N–H and O–H groups in total. The molecule has 0 aliphatic carbocycles. The van der Waals surface area contributed by atoms with Crippen LogP contribution in [0, 0.1) is 6.92 Å². The molecule has 0 saturated carbocycles. The van der Waals surface area contributed by atoms with Gasteiger partial charge >= 0.3 is 0 Å². The van der Waals surface area contributed by atoms with Gasteiger partial charge < -0.3 is 15.0 Å². The average molecular weight is 331 g/mol. The van der Waals surface area contributed by atoms with Crippen LogP contribution in [0.25, 0.3) is 0 Å². The number of ether oxygens (including phenoxy) is 1. The fourth-order valence-electron chi connectivity index (χ4n) is 2.22. The highest BCUT2D eigenvalue weighted by atomic mass is 79.9. The summed E-state index contributed by atoms with van der Waals surface area (Å²) in [5.41, 5.74) is 0.794. The van der Waals surface area contributed by atoms with Crippen LogP contribution >= 0.6 is 27.3 Å². The molecule has 0 radical (unpaired) electrons. The van der Waals surface area contributed by atoms with Gasteiger partial charge in [0.1, 0.15) is 0 Å². The molecule has 3 rings (SSSR count). The number of nitrogens with zero attached hydrogens (tertiary/aromatic N) is 1. The maximum Gasteiger partial charge on any atom is 0.255 e. The lowest BCUT2D eigenvalue weighted by Crippen LogP contribution is -2.64. The van der Waals surface area contributed by atoms with E-state index in [0.29, 0.717) is 12.1 Å². The number of carbonyl (C=O) groups excluding carboxylic acids is 1. The fraction of sp³-hybridized carbons (Fsp3) is 0.583. The maximum absolute atomic E-state index is 12.2. The van der Waals surface area contributed by atoms with Gasteiger partial charge in [-0.25, -0.2) is 0 Å². The summed E-state index contributed by atoms with van der Waals surface area (Å²) < 4.78 is 6.06. The standard InChI is InChI=1S/C12H15BrN2O2S/c1-7-2-10(11(13)18-7)12(16)15-3-8(4-15)14-9-5-17-6-9/h2,8-9,14H,3-6H2,1H3. The Morgan fingerprint density at radius 2 is 2.22 bits per heavy atom. The lowest BCUT2D eigenvalue weighted by molar-refractivity contribution is -0.0210. The maximum atomic E-state index is 12.2. The number of thiophene rings is 1. The summed E-state index contributed by atoms with van der Waals surface area (Å²) in [5, 5.41) is 3.48. The molecule has 3 heterocycles. The Bertz CT molecular complexity index is 467. The first kappa shape index (κ1) is 12.6. The molecular weight excluding hydrogens is 316 g/mol. The van der Waals surface area contributed by atoms with Gasteiger partial charge in [-0.05, 0) is 28.9 Å². The van der Waals surface area contributed by atoms with Crippen molar-refractivity contribution in [3.05, 3.63) is 20.3 Å². The molecule has 0 aromatic carbocycles. The van der Waals surface area contributed by atoms with Crippen LogP contribution in [0.15, 0.2) is 9.85 Å². The Kier molecular flexibility index (Phi) is 3.44. The van der Waals surface area contributed by atoms with Crippen LogP contribution in [0.2, 0.25) is 0 Å². The Labute approximate surface area is 118 Å². The van der Waals surface area contributed by atoms with Gasteiger partial charge in [0.25, 0.3) is 5.91 Å². The van der Waals surface area contributed by atoms with Gasteiger partial charge in [-0.1, -0.05) is 0 Å². The van der Waals surface area contributed by atoms with Crippen molar-refractivity contribution in [1.82, 2.24) is 10.2 Å². The van der Waals surface area contributed by atoms with Crippen LogP contribution in [-0.4, -0.2) is 49.2 Å². The van der Waals surface area contributed by atoms with Gasteiger partial charge in [0, 0.05) is 24.0 Å². The van der Waals surface area contributed by atoms with E-state index in [1.54, 1.807) is 11.3 Å². The summed E-state index contributed by atoms with van der Waals surface area (Å²) in [6.07, 6.45) is 0. The normalized spacial score (nSPS) is 20.7. The first-order chi connectivity index (χ1) is 8.63. The predicted molar refractivity (Wildman–Crippen MR) is 74.2 cm³/mol. The first-order valence-electron chi connectivity index (χ1n) is 6.02. The minimum absolute atomic E-state index is 0.133. The fourth-order valence-corrected chi connectivity index (χ4v) is 3.98. The van der Waals surface area contributed by atoms with Crippen molar-refractivity contribution in [2.45, 2.75) is 19.0 Å². The lowest BCUT2D eigenvalue weighted by atomic mass is 10.1. The number of likely N-dealkylation sites (tertiary alicyclic amines) is 1. The first-order valence-corrected chi connectivity index (χ1v) is 7.63. The smallest absolute Gasteiger partial charge is 0.255 e. The summed E-state index contributed by atoms with van der Waals surface area (Å²) in [5.74, 6) is 0.133. The molecule has 2 aliphatic heterocycles. The van der Waals surface area contributed by atoms with Crippen LogP contribution in [-0.2, 0) is 4.74 Å². The van der Waals surface area contributed by atoms with Crippen molar-refractivity contribution in [2.24, 2.45) is 0 Å². The van der Waals surface area contributed by atoms with Crippen molar-refractivity contribution in [2.75, 3.05) is 26.3 Å². The van der Waals surface area contributed by atoms with Crippen molar-refractivity contribution in [3.63, 3.8) is 0 Å². The zero-order valence-corrected chi connectivity index (χ0v) is 12.5. The monoisotopic (exact) mass is 330 g/mol. The molecule has 1 amide bonds. The molecule has 98 valence electrons. The number of amides is 1. The van der Waals surface area contributed by atoms with Crippen molar-refractivity contribution in [3.8, 4) is 0 Å². The van der Waals surface area contributed by atoms with E-state index in [0.717, 1.165) is 40.5 Å². The van der Waals surface area contributed by atoms with Gasteiger partial charge in [-0.15, -0.1) is 11.3 Å². The second kappa shape index (κ2) is 4.92. The van der Waals surface area contributed by atoms with Crippen LogP contribution in [0.3, 0.4) is 0 Å². The van der Waals surface area contributed by atoms with Gasteiger partial charge in [-0.2, -0.15) is 0 Å². The SMILES string of the molecule is Cc1cc(C(=O)N2CC(NC3COC3)C2)c(Br)s1. The Morgan fingerprint density at radius 1 is 1.50 bits per heavy atom. The lowest BCUT2D eigenvalue weighted by Gasteiger charge is -2.43. The molecule has 4 nitrogen and oxygen atoms in total. The highest BCUT2D eigenvalue weighted by molar-refractivity contribution is 9.11. The molecule has 2 aliphatic rings. The Balaban J connectivity index is 1.54. The van der Waals surface area contributed by atoms with Gasteiger partial charge in [0.15, 0.2) is 0 Å². The molecule has 18 heavy (non-hydrogen) atoms. The average Bonchev–Trinajstić information content (AvgIpc) is 2.52. The van der Waals surface area contributed by atoms with Crippen molar-refractivity contribution >= 4 is 33.2 Å². The number of hydrogen-bond donors (Lipinski definition) is 1. The minimum atomic E-state index is 0.133. The number of aryl methyl sites for hydroxylation is 1. The van der Waals surface area contributed by atoms with E-state index in [-0.39, 0.29) is 5.91 Å². The van der Waals surface area contributed by atoms with Crippen molar-refractivity contribution in [1.29, 1.82) is 0 Å². The van der Waals surface area contributed by atoms with Gasteiger partial charge in [0.2, 0.25) is 0 Å². The third-order valence-corrected chi connectivity index (χ3v) is 5.07. The van der Waals surface area contributed by atoms with Crippen LogP contribution in [0.4, 0.5) is 0 Å². The molecule has 0 spiro atoms. The van der Waals surface area contributed by atoms with E-state index in [9.17, 15) is 4.79 Å².